The number of halogens is 3. The van der Waals surface area contributed by atoms with E-state index in [-0.39, 0.29) is 51.4 Å². The van der Waals surface area contributed by atoms with Crippen LogP contribution in [0.2, 0.25) is 0 Å². The fraction of sp³-hybridized carbons (Fsp3) is 0.231. The van der Waals surface area contributed by atoms with Crippen molar-refractivity contribution < 1.29 is 64.3 Å². The minimum absolute atomic E-state index is 0. The minimum atomic E-state index is -4.82. The fourth-order valence-electron chi connectivity index (χ4n) is 2.13. The van der Waals surface area contributed by atoms with Crippen LogP contribution in [0.4, 0.5) is 18.6 Å². The number of rotatable bonds is 4. The molecule has 0 aliphatic carbocycles. The Morgan fingerprint density at radius 2 is 1.63 bits per heavy atom. The molecule has 0 bridgehead atoms. The van der Waals surface area contributed by atoms with Crippen LogP contribution in [0.5, 0.6) is 0 Å². The second-order valence-electron chi connectivity index (χ2n) is 4.25. The smallest absolute Gasteiger partial charge is 0.448 e. The van der Waals surface area contributed by atoms with E-state index in [0.717, 1.165) is 10.8 Å². The van der Waals surface area contributed by atoms with Crippen molar-refractivity contribution >= 4 is 23.4 Å². The first-order valence-corrected chi connectivity index (χ1v) is 5.95. The summed E-state index contributed by atoms with van der Waals surface area (Å²) in [5.74, 6) is 0. The van der Waals surface area contributed by atoms with Crippen molar-refractivity contribution in [2.45, 2.75) is 6.92 Å². The number of fused-ring (bicyclic) bond motifs is 1. The monoisotopic (exact) mass is 291 g/mol. The van der Waals surface area contributed by atoms with E-state index >= 15 is 0 Å². The second-order valence-corrected chi connectivity index (χ2v) is 4.25. The van der Waals surface area contributed by atoms with Gasteiger partial charge in [-0.1, -0.05) is 36.4 Å². The van der Waals surface area contributed by atoms with E-state index in [9.17, 15) is 12.9 Å². The zero-order valence-electron chi connectivity index (χ0n) is 11.1. The summed E-state index contributed by atoms with van der Waals surface area (Å²) in [5, 5.41) is 1.82. The average molecular weight is 291 g/mol. The molecule has 19 heavy (non-hydrogen) atoms. The third kappa shape index (κ3) is 4.50. The first-order valence-electron chi connectivity index (χ1n) is 5.95. The maximum atomic E-state index is 12.6. The predicted octanol–water partition coefficient (Wildman–Crippen LogP) is 1.06. The second kappa shape index (κ2) is 7.13. The van der Waals surface area contributed by atoms with E-state index in [4.69, 9.17) is 0 Å². The minimum Gasteiger partial charge on any atom is -0.448 e. The molecule has 0 saturated heterocycles. The predicted molar refractivity (Wildman–Crippen MR) is 70.9 cm³/mol. The molecular formula is C13H14BF3KN. The number of hydrogen-bond donors (Lipinski definition) is 0. The van der Waals surface area contributed by atoms with Crippen LogP contribution in [0.25, 0.3) is 10.8 Å². The summed E-state index contributed by atoms with van der Waals surface area (Å²) >= 11 is 0. The zero-order valence-corrected chi connectivity index (χ0v) is 14.2. The summed E-state index contributed by atoms with van der Waals surface area (Å²) < 4.78 is 37.8. The molecule has 0 aliphatic rings. The molecule has 0 amide bonds. The first kappa shape index (κ1) is 17.0. The Morgan fingerprint density at radius 1 is 1.00 bits per heavy atom. The van der Waals surface area contributed by atoms with Gasteiger partial charge in [0.2, 0.25) is 0 Å². The number of benzene rings is 2. The molecule has 0 fully saturated rings. The standard InChI is InChI=1S/C13H14BF3N.K/c1-2-18(10-14(15,16)17)13-9-5-7-11-6-3-4-8-12(11)13;/h3-9H,2,10H2,1H3;/q-1;+1. The van der Waals surface area contributed by atoms with Crippen LogP contribution in [0, 0.1) is 0 Å². The summed E-state index contributed by atoms with van der Waals surface area (Å²) in [5.41, 5.74) is 0.648. The van der Waals surface area contributed by atoms with Gasteiger partial charge >= 0.3 is 58.4 Å². The quantitative estimate of drug-likeness (QED) is 0.761. The molecular weight excluding hydrogens is 277 g/mol. The van der Waals surface area contributed by atoms with Gasteiger partial charge in [0.1, 0.15) is 0 Å². The van der Waals surface area contributed by atoms with Crippen LogP contribution in [0.3, 0.4) is 0 Å². The maximum Gasteiger partial charge on any atom is 1.00 e. The molecule has 2 aromatic carbocycles. The molecule has 0 aliphatic heterocycles. The van der Waals surface area contributed by atoms with Crippen molar-refractivity contribution in [1.29, 1.82) is 0 Å². The molecule has 0 N–H and O–H groups in total. The van der Waals surface area contributed by atoms with Crippen LogP contribution >= 0.6 is 0 Å². The summed E-state index contributed by atoms with van der Waals surface area (Å²) in [4.78, 5) is 1.38. The van der Waals surface area contributed by atoms with Gasteiger partial charge in [-0.3, -0.25) is 0 Å². The number of nitrogens with zero attached hydrogens (tertiary/aromatic N) is 1. The molecule has 0 radical (unpaired) electrons. The molecule has 2 aromatic rings. The molecule has 0 saturated carbocycles. The Hall–Kier alpha value is -0.00870. The van der Waals surface area contributed by atoms with Gasteiger partial charge in [-0.25, -0.2) is 0 Å². The topological polar surface area (TPSA) is 3.24 Å². The maximum absolute atomic E-state index is 12.6. The van der Waals surface area contributed by atoms with Gasteiger partial charge < -0.3 is 17.8 Å². The van der Waals surface area contributed by atoms with E-state index in [1.807, 2.05) is 30.3 Å². The molecule has 1 nitrogen and oxygen atoms in total. The van der Waals surface area contributed by atoms with Crippen LogP contribution < -0.4 is 56.3 Å². The molecule has 6 heteroatoms. The Labute approximate surface area is 153 Å². The van der Waals surface area contributed by atoms with Crippen molar-refractivity contribution in [3.63, 3.8) is 0 Å². The number of hydrogen-bond acceptors (Lipinski definition) is 1. The van der Waals surface area contributed by atoms with Crippen LogP contribution in [-0.4, -0.2) is 20.0 Å². The van der Waals surface area contributed by atoms with Crippen molar-refractivity contribution in [3.8, 4) is 0 Å². The largest absolute Gasteiger partial charge is 1.00 e. The third-order valence-corrected chi connectivity index (χ3v) is 2.92. The summed E-state index contributed by atoms with van der Waals surface area (Å²) in [6.07, 6.45) is -0.857. The van der Waals surface area contributed by atoms with Crippen molar-refractivity contribution in [2.75, 3.05) is 17.9 Å². The van der Waals surface area contributed by atoms with E-state index < -0.39 is 13.4 Å². The van der Waals surface area contributed by atoms with Gasteiger partial charge in [-0.15, -0.1) is 0 Å². The zero-order chi connectivity index (χ0) is 13.2. The fourth-order valence-corrected chi connectivity index (χ4v) is 2.13. The van der Waals surface area contributed by atoms with Gasteiger partial charge in [0.25, 0.3) is 0 Å². The molecule has 0 heterocycles. The van der Waals surface area contributed by atoms with Crippen LogP contribution in [-0.2, 0) is 0 Å². The van der Waals surface area contributed by atoms with E-state index in [0.29, 0.717) is 12.2 Å². The van der Waals surface area contributed by atoms with Crippen molar-refractivity contribution in [1.82, 2.24) is 0 Å². The molecule has 0 atom stereocenters. The van der Waals surface area contributed by atoms with Gasteiger partial charge in [0, 0.05) is 17.6 Å². The Morgan fingerprint density at radius 3 is 2.26 bits per heavy atom. The summed E-state index contributed by atoms with van der Waals surface area (Å²) in [7, 11) is 0. The molecule has 0 spiro atoms. The van der Waals surface area contributed by atoms with Crippen LogP contribution in [0.15, 0.2) is 42.5 Å². The van der Waals surface area contributed by atoms with Gasteiger partial charge in [-0.05, 0) is 24.8 Å². The van der Waals surface area contributed by atoms with Crippen LogP contribution in [0.1, 0.15) is 6.92 Å². The Bertz CT molecular complexity index is 539. The van der Waals surface area contributed by atoms with Crippen molar-refractivity contribution in [2.24, 2.45) is 0 Å². The summed E-state index contributed by atoms with van der Waals surface area (Å²) in [6, 6.07) is 12.9. The molecule has 2 rings (SSSR count). The van der Waals surface area contributed by atoms with E-state index in [1.165, 1.54) is 4.90 Å². The Balaban J connectivity index is 0.00000180. The van der Waals surface area contributed by atoms with Gasteiger partial charge in [0.15, 0.2) is 0 Å². The van der Waals surface area contributed by atoms with Gasteiger partial charge in [-0.2, -0.15) is 0 Å². The molecule has 96 valence electrons. The average Bonchev–Trinajstić information content (AvgIpc) is 2.34. The SMILES string of the molecule is CCN(C[B-](F)(F)F)c1cccc2ccccc12.[K+]. The summed E-state index contributed by atoms with van der Waals surface area (Å²) in [6.45, 7) is -2.73. The molecule has 0 unspecified atom stereocenters. The normalized spacial score (nSPS) is 11.2. The van der Waals surface area contributed by atoms with Gasteiger partial charge in [0.05, 0.1) is 0 Å². The van der Waals surface area contributed by atoms with E-state index in [2.05, 4.69) is 0 Å². The van der Waals surface area contributed by atoms with Crippen molar-refractivity contribution in [3.05, 3.63) is 42.5 Å². The van der Waals surface area contributed by atoms with E-state index in [1.54, 1.807) is 19.1 Å². The molecule has 0 aromatic heterocycles. The first-order chi connectivity index (χ1) is 8.51. The number of anilines is 1. The Kier molecular flexibility index (Phi) is 6.40. The third-order valence-electron chi connectivity index (χ3n) is 2.92.